The number of nitrogens with one attached hydrogen (secondary N) is 1. The van der Waals surface area contributed by atoms with Crippen molar-refractivity contribution in [3.05, 3.63) is 12.2 Å². The van der Waals surface area contributed by atoms with Crippen LogP contribution in [0.5, 0.6) is 0 Å². The Kier molecular flexibility index (Phi) is 8.31. The van der Waals surface area contributed by atoms with Gasteiger partial charge in [0.05, 0.1) is 6.61 Å². The maximum atomic E-state index is 10.9. The summed E-state index contributed by atoms with van der Waals surface area (Å²) in [4.78, 5) is 20.9. The molecule has 0 aliphatic carbocycles. The van der Waals surface area contributed by atoms with E-state index in [0.717, 1.165) is 12.2 Å². The molecule has 6 heteroatoms. The minimum absolute atomic E-state index is 0.192. The van der Waals surface area contributed by atoms with Crippen LogP contribution >= 0.6 is 0 Å². The highest BCUT2D eigenvalue weighted by Gasteiger charge is 1.95. The van der Waals surface area contributed by atoms with E-state index < -0.39 is 11.9 Å². The zero-order chi connectivity index (χ0) is 11.5. The normalized spacial score (nSPS) is 10.5. The number of carboxylic acids is 1. The third-order valence-corrected chi connectivity index (χ3v) is 1.29. The summed E-state index contributed by atoms with van der Waals surface area (Å²) < 4.78 is 9.87. The molecule has 0 aromatic carbocycles. The van der Waals surface area contributed by atoms with Crippen LogP contribution in [0.2, 0.25) is 0 Å². The highest BCUT2D eigenvalue weighted by Crippen LogP contribution is 1.78. The average molecular weight is 217 g/mol. The molecule has 2 N–H and O–H groups in total. The molecule has 0 rings (SSSR count). The van der Waals surface area contributed by atoms with Crippen molar-refractivity contribution < 1.29 is 24.2 Å². The topological polar surface area (TPSA) is 84.9 Å². The Hall–Kier alpha value is -1.40. The average Bonchev–Trinajstić information content (AvgIpc) is 2.20. The molecule has 86 valence electrons. The first-order valence-electron chi connectivity index (χ1n) is 4.51. The Morgan fingerprint density at radius 1 is 1.33 bits per heavy atom. The lowest BCUT2D eigenvalue weighted by Crippen LogP contribution is -2.25. The minimum atomic E-state index is -1.15. The number of carbonyl (C=O) groups excluding carboxylic acids is 1. The molecule has 0 heterocycles. The lowest BCUT2D eigenvalue weighted by molar-refractivity contribution is -0.131. The molecule has 0 saturated carbocycles. The first-order chi connectivity index (χ1) is 7.16. The first-order valence-corrected chi connectivity index (χ1v) is 4.51. The molecular formula is C9H15NO5. The van der Waals surface area contributed by atoms with Crippen molar-refractivity contribution in [3.63, 3.8) is 0 Å². The molecule has 0 fully saturated rings. The number of hydrogen-bond donors (Lipinski definition) is 2. The number of carboxylic acid groups (broad SMARTS) is 1. The second kappa shape index (κ2) is 9.17. The molecule has 0 aliphatic heterocycles. The summed E-state index contributed by atoms with van der Waals surface area (Å²) in [6.45, 7) is 3.26. The van der Waals surface area contributed by atoms with E-state index in [1.807, 2.05) is 6.92 Å². The number of hydrogen-bond acceptors (Lipinski definition) is 4. The van der Waals surface area contributed by atoms with Gasteiger partial charge in [-0.25, -0.2) is 4.79 Å². The molecule has 0 aromatic rings. The zero-order valence-electron chi connectivity index (χ0n) is 8.56. The quantitative estimate of drug-likeness (QED) is 0.333. The predicted molar refractivity (Wildman–Crippen MR) is 52.2 cm³/mol. The van der Waals surface area contributed by atoms with E-state index in [1.165, 1.54) is 0 Å². The highest BCUT2D eigenvalue weighted by atomic mass is 16.7. The molecule has 0 aromatic heterocycles. The SMILES string of the molecule is CCOCOCCNC(=O)/C=C/C(=O)O. The van der Waals surface area contributed by atoms with Gasteiger partial charge in [0.25, 0.3) is 0 Å². The summed E-state index contributed by atoms with van der Waals surface area (Å²) in [5.74, 6) is -1.62. The van der Waals surface area contributed by atoms with Gasteiger partial charge in [0.1, 0.15) is 6.79 Å². The van der Waals surface area contributed by atoms with Crippen molar-refractivity contribution in [2.24, 2.45) is 0 Å². The highest BCUT2D eigenvalue weighted by molar-refractivity contribution is 5.93. The zero-order valence-corrected chi connectivity index (χ0v) is 8.56. The van der Waals surface area contributed by atoms with Crippen molar-refractivity contribution in [1.29, 1.82) is 0 Å². The van der Waals surface area contributed by atoms with Crippen molar-refractivity contribution in [3.8, 4) is 0 Å². The van der Waals surface area contributed by atoms with Gasteiger partial charge in [0, 0.05) is 25.3 Å². The van der Waals surface area contributed by atoms with Gasteiger partial charge in [-0.2, -0.15) is 0 Å². The number of aliphatic carboxylic acids is 1. The lowest BCUT2D eigenvalue weighted by atomic mass is 10.4. The van der Waals surface area contributed by atoms with E-state index in [4.69, 9.17) is 14.6 Å². The number of carbonyl (C=O) groups is 2. The molecule has 0 atom stereocenters. The van der Waals surface area contributed by atoms with Gasteiger partial charge in [0.15, 0.2) is 0 Å². The summed E-state index contributed by atoms with van der Waals surface area (Å²) in [5.41, 5.74) is 0. The van der Waals surface area contributed by atoms with E-state index in [9.17, 15) is 9.59 Å². The largest absolute Gasteiger partial charge is 0.478 e. The standard InChI is InChI=1S/C9H15NO5/c1-2-14-7-15-6-5-10-8(11)3-4-9(12)13/h3-4H,2,5-7H2,1H3,(H,10,11)(H,12,13)/b4-3+. The second-order valence-corrected chi connectivity index (χ2v) is 2.48. The molecule has 6 nitrogen and oxygen atoms in total. The Morgan fingerprint density at radius 2 is 2.07 bits per heavy atom. The first kappa shape index (κ1) is 13.6. The van der Waals surface area contributed by atoms with Crippen LogP contribution in [0.25, 0.3) is 0 Å². The smallest absolute Gasteiger partial charge is 0.328 e. The fraction of sp³-hybridized carbons (Fsp3) is 0.556. The van der Waals surface area contributed by atoms with Gasteiger partial charge < -0.3 is 19.9 Å². The Morgan fingerprint density at radius 3 is 2.67 bits per heavy atom. The molecule has 0 bridgehead atoms. The van der Waals surface area contributed by atoms with Crippen LogP contribution in [0.15, 0.2) is 12.2 Å². The number of ether oxygens (including phenoxy) is 2. The fourth-order valence-corrected chi connectivity index (χ4v) is 0.653. The second-order valence-electron chi connectivity index (χ2n) is 2.48. The predicted octanol–water partition coefficient (Wildman–Crippen LogP) is -0.246. The lowest BCUT2D eigenvalue weighted by Gasteiger charge is -2.04. The van der Waals surface area contributed by atoms with E-state index in [1.54, 1.807) is 0 Å². The Bertz CT molecular complexity index is 227. The van der Waals surface area contributed by atoms with E-state index in [-0.39, 0.29) is 6.79 Å². The molecular weight excluding hydrogens is 202 g/mol. The molecule has 0 spiro atoms. The van der Waals surface area contributed by atoms with E-state index >= 15 is 0 Å². The molecule has 1 amide bonds. The van der Waals surface area contributed by atoms with Gasteiger partial charge in [-0.1, -0.05) is 0 Å². The minimum Gasteiger partial charge on any atom is -0.478 e. The van der Waals surface area contributed by atoms with Gasteiger partial charge in [-0.15, -0.1) is 0 Å². The fourth-order valence-electron chi connectivity index (χ4n) is 0.653. The Balaban J connectivity index is 3.35. The number of rotatable bonds is 8. The third-order valence-electron chi connectivity index (χ3n) is 1.29. The maximum Gasteiger partial charge on any atom is 0.328 e. The summed E-state index contributed by atoms with van der Waals surface area (Å²) in [6.07, 6.45) is 1.72. The molecule has 0 radical (unpaired) electrons. The summed E-state index contributed by atoms with van der Waals surface area (Å²) in [7, 11) is 0. The van der Waals surface area contributed by atoms with Crippen molar-refractivity contribution in [2.45, 2.75) is 6.92 Å². The van der Waals surface area contributed by atoms with E-state index in [0.29, 0.717) is 19.8 Å². The van der Waals surface area contributed by atoms with Crippen LogP contribution in [0.1, 0.15) is 6.92 Å². The van der Waals surface area contributed by atoms with Crippen LogP contribution in [0.3, 0.4) is 0 Å². The van der Waals surface area contributed by atoms with Crippen molar-refractivity contribution >= 4 is 11.9 Å². The molecule has 15 heavy (non-hydrogen) atoms. The summed E-state index contributed by atoms with van der Waals surface area (Å²) in [5, 5.41) is 10.7. The maximum absolute atomic E-state index is 10.9. The van der Waals surface area contributed by atoms with Crippen molar-refractivity contribution in [1.82, 2.24) is 5.32 Å². The molecule has 0 saturated heterocycles. The molecule has 0 aliphatic rings. The van der Waals surface area contributed by atoms with Crippen LogP contribution in [-0.4, -0.2) is 43.5 Å². The molecule has 0 unspecified atom stereocenters. The van der Waals surface area contributed by atoms with Gasteiger partial charge in [-0.3, -0.25) is 4.79 Å². The van der Waals surface area contributed by atoms with Crippen LogP contribution in [0.4, 0.5) is 0 Å². The summed E-state index contributed by atoms with van der Waals surface area (Å²) >= 11 is 0. The van der Waals surface area contributed by atoms with Crippen LogP contribution in [0, 0.1) is 0 Å². The Labute approximate surface area is 87.9 Å². The monoisotopic (exact) mass is 217 g/mol. The van der Waals surface area contributed by atoms with Crippen molar-refractivity contribution in [2.75, 3.05) is 26.6 Å². The van der Waals surface area contributed by atoms with Crippen LogP contribution < -0.4 is 5.32 Å². The van der Waals surface area contributed by atoms with Gasteiger partial charge in [0.2, 0.25) is 5.91 Å². The number of amides is 1. The van der Waals surface area contributed by atoms with Gasteiger partial charge in [-0.05, 0) is 6.92 Å². The van der Waals surface area contributed by atoms with Gasteiger partial charge >= 0.3 is 5.97 Å². The van der Waals surface area contributed by atoms with Crippen LogP contribution in [-0.2, 0) is 19.1 Å². The summed E-state index contributed by atoms with van der Waals surface area (Å²) in [6, 6.07) is 0. The third kappa shape index (κ3) is 10.5. The van der Waals surface area contributed by atoms with E-state index in [2.05, 4.69) is 5.32 Å².